The number of nitrogens with two attached hydrogens (primary N) is 1. The predicted octanol–water partition coefficient (Wildman–Crippen LogP) is 1.67. The average molecular weight is 212 g/mol. The smallest absolute Gasteiger partial charge is 0.237 e. The Balaban J connectivity index is 2.17. The molecule has 1 amide bonds. The standard InChI is InChI=1S/C12H24N2O/c1-12(2,3)10(13)11(15)14-8-7-9-5-4-6-9/h9-10H,4-8,13H2,1-3H3,(H,14,15). The Labute approximate surface area is 92.8 Å². The minimum absolute atomic E-state index is 0.0122. The molecule has 1 atom stereocenters. The molecule has 0 aliphatic heterocycles. The van der Waals surface area contributed by atoms with Crippen LogP contribution in [0.5, 0.6) is 0 Å². The Kier molecular flexibility index (Phi) is 4.14. The van der Waals surface area contributed by atoms with Crippen LogP contribution in [0.1, 0.15) is 46.5 Å². The Morgan fingerprint density at radius 2 is 2.07 bits per heavy atom. The summed E-state index contributed by atoms with van der Waals surface area (Å²) >= 11 is 0. The molecule has 3 N–H and O–H groups in total. The molecule has 1 aliphatic carbocycles. The zero-order chi connectivity index (χ0) is 11.5. The molecule has 1 unspecified atom stereocenters. The molecule has 0 radical (unpaired) electrons. The quantitative estimate of drug-likeness (QED) is 0.744. The van der Waals surface area contributed by atoms with Crippen LogP contribution in [-0.4, -0.2) is 18.5 Å². The van der Waals surface area contributed by atoms with Crippen LogP contribution in [-0.2, 0) is 4.79 Å². The molecular formula is C12H24N2O. The van der Waals surface area contributed by atoms with Gasteiger partial charge in [-0.2, -0.15) is 0 Å². The SMILES string of the molecule is CC(C)(C)C(N)C(=O)NCCC1CCC1. The van der Waals surface area contributed by atoms with Crippen LogP contribution in [0.25, 0.3) is 0 Å². The first-order valence-electron chi connectivity index (χ1n) is 5.94. The highest BCUT2D eigenvalue weighted by atomic mass is 16.2. The van der Waals surface area contributed by atoms with Gasteiger partial charge in [-0.15, -0.1) is 0 Å². The van der Waals surface area contributed by atoms with E-state index >= 15 is 0 Å². The molecule has 0 aromatic carbocycles. The first-order valence-corrected chi connectivity index (χ1v) is 5.94. The van der Waals surface area contributed by atoms with Gasteiger partial charge in [0.25, 0.3) is 0 Å². The van der Waals surface area contributed by atoms with Gasteiger partial charge >= 0.3 is 0 Å². The fourth-order valence-corrected chi connectivity index (χ4v) is 1.68. The molecule has 1 rings (SSSR count). The van der Waals surface area contributed by atoms with E-state index in [0.717, 1.165) is 18.9 Å². The maximum atomic E-state index is 11.6. The van der Waals surface area contributed by atoms with Gasteiger partial charge in [-0.1, -0.05) is 40.0 Å². The number of amides is 1. The molecule has 0 aromatic heterocycles. The lowest BCUT2D eigenvalue weighted by molar-refractivity contribution is -0.124. The van der Waals surface area contributed by atoms with Crippen molar-refractivity contribution in [3.05, 3.63) is 0 Å². The number of hydrogen-bond acceptors (Lipinski definition) is 2. The summed E-state index contributed by atoms with van der Waals surface area (Å²) < 4.78 is 0. The molecule has 0 spiro atoms. The first kappa shape index (κ1) is 12.5. The third kappa shape index (κ3) is 3.82. The van der Waals surface area contributed by atoms with Crippen molar-refractivity contribution in [1.82, 2.24) is 5.32 Å². The lowest BCUT2D eigenvalue weighted by Gasteiger charge is -2.28. The summed E-state index contributed by atoms with van der Waals surface area (Å²) in [5, 5.41) is 2.92. The van der Waals surface area contributed by atoms with E-state index in [9.17, 15) is 4.79 Å². The van der Waals surface area contributed by atoms with E-state index in [0.29, 0.717) is 0 Å². The largest absolute Gasteiger partial charge is 0.355 e. The molecule has 0 bridgehead atoms. The van der Waals surface area contributed by atoms with Crippen molar-refractivity contribution >= 4 is 5.91 Å². The zero-order valence-electron chi connectivity index (χ0n) is 10.2. The summed E-state index contributed by atoms with van der Waals surface area (Å²) in [6, 6.07) is -0.404. The number of rotatable bonds is 4. The minimum atomic E-state index is -0.404. The molecular weight excluding hydrogens is 188 g/mol. The molecule has 3 heteroatoms. The van der Waals surface area contributed by atoms with E-state index < -0.39 is 6.04 Å². The second kappa shape index (κ2) is 4.97. The summed E-state index contributed by atoms with van der Waals surface area (Å²) in [5.41, 5.74) is 5.69. The third-order valence-electron chi connectivity index (χ3n) is 3.29. The molecule has 1 saturated carbocycles. The van der Waals surface area contributed by atoms with Gasteiger partial charge < -0.3 is 11.1 Å². The normalized spacial score (nSPS) is 19.5. The third-order valence-corrected chi connectivity index (χ3v) is 3.29. The van der Waals surface area contributed by atoms with Crippen LogP contribution in [0.2, 0.25) is 0 Å². The van der Waals surface area contributed by atoms with Gasteiger partial charge in [0.2, 0.25) is 5.91 Å². The minimum Gasteiger partial charge on any atom is -0.355 e. The lowest BCUT2D eigenvalue weighted by Crippen LogP contribution is -2.49. The Morgan fingerprint density at radius 3 is 2.47 bits per heavy atom. The number of hydrogen-bond donors (Lipinski definition) is 2. The first-order chi connectivity index (χ1) is 6.91. The molecule has 1 fully saturated rings. The highest BCUT2D eigenvalue weighted by Gasteiger charge is 2.27. The molecule has 0 saturated heterocycles. The van der Waals surface area contributed by atoms with E-state index in [2.05, 4.69) is 5.32 Å². The van der Waals surface area contributed by atoms with Crippen molar-refractivity contribution in [3.8, 4) is 0 Å². The van der Waals surface area contributed by atoms with Crippen LogP contribution in [0, 0.1) is 11.3 Å². The van der Waals surface area contributed by atoms with Crippen molar-refractivity contribution in [2.24, 2.45) is 17.1 Å². The van der Waals surface area contributed by atoms with Crippen LogP contribution in [0.3, 0.4) is 0 Å². The molecule has 15 heavy (non-hydrogen) atoms. The zero-order valence-corrected chi connectivity index (χ0v) is 10.2. The van der Waals surface area contributed by atoms with Crippen molar-refractivity contribution in [1.29, 1.82) is 0 Å². The molecule has 1 aliphatic rings. The average Bonchev–Trinajstić information content (AvgIpc) is 2.06. The molecule has 0 heterocycles. The number of carbonyl (C=O) groups excluding carboxylic acids is 1. The van der Waals surface area contributed by atoms with Gasteiger partial charge in [-0.3, -0.25) is 4.79 Å². The second-order valence-electron chi connectivity index (χ2n) is 5.72. The van der Waals surface area contributed by atoms with E-state index in [-0.39, 0.29) is 11.3 Å². The summed E-state index contributed by atoms with van der Waals surface area (Å²) in [6.07, 6.45) is 5.14. The fourth-order valence-electron chi connectivity index (χ4n) is 1.68. The summed E-state index contributed by atoms with van der Waals surface area (Å²) in [4.78, 5) is 11.6. The van der Waals surface area contributed by atoms with E-state index in [1.807, 2.05) is 20.8 Å². The molecule has 0 aromatic rings. The monoisotopic (exact) mass is 212 g/mol. The fraction of sp³-hybridized carbons (Fsp3) is 0.917. The van der Waals surface area contributed by atoms with Crippen molar-refractivity contribution in [2.45, 2.75) is 52.5 Å². The summed E-state index contributed by atoms with van der Waals surface area (Å²) in [5.74, 6) is 0.831. The number of nitrogens with one attached hydrogen (secondary N) is 1. The van der Waals surface area contributed by atoms with Crippen LogP contribution >= 0.6 is 0 Å². The Bertz CT molecular complexity index is 216. The second-order valence-corrected chi connectivity index (χ2v) is 5.72. The highest BCUT2D eigenvalue weighted by molar-refractivity contribution is 5.82. The van der Waals surface area contributed by atoms with Gasteiger partial charge in [0.15, 0.2) is 0 Å². The molecule has 88 valence electrons. The van der Waals surface area contributed by atoms with Gasteiger partial charge in [-0.25, -0.2) is 0 Å². The van der Waals surface area contributed by atoms with E-state index in [1.165, 1.54) is 19.3 Å². The maximum Gasteiger partial charge on any atom is 0.237 e. The number of carbonyl (C=O) groups is 1. The summed E-state index contributed by atoms with van der Waals surface area (Å²) in [6.45, 7) is 6.75. The molecule has 3 nitrogen and oxygen atoms in total. The van der Waals surface area contributed by atoms with Crippen LogP contribution in [0.4, 0.5) is 0 Å². The highest BCUT2D eigenvalue weighted by Crippen LogP contribution is 2.28. The topological polar surface area (TPSA) is 55.1 Å². The van der Waals surface area contributed by atoms with E-state index in [4.69, 9.17) is 5.73 Å². The van der Waals surface area contributed by atoms with Crippen molar-refractivity contribution in [3.63, 3.8) is 0 Å². The van der Waals surface area contributed by atoms with E-state index in [1.54, 1.807) is 0 Å². The van der Waals surface area contributed by atoms with Gasteiger partial charge in [0, 0.05) is 6.54 Å². The van der Waals surface area contributed by atoms with Gasteiger partial charge in [-0.05, 0) is 17.8 Å². The van der Waals surface area contributed by atoms with Crippen molar-refractivity contribution in [2.75, 3.05) is 6.54 Å². The summed E-state index contributed by atoms with van der Waals surface area (Å²) in [7, 11) is 0. The predicted molar refractivity (Wildman–Crippen MR) is 62.4 cm³/mol. The van der Waals surface area contributed by atoms with Crippen LogP contribution in [0.15, 0.2) is 0 Å². The lowest BCUT2D eigenvalue weighted by atomic mass is 9.83. The Hall–Kier alpha value is -0.570. The van der Waals surface area contributed by atoms with Gasteiger partial charge in [0.05, 0.1) is 6.04 Å². The Morgan fingerprint density at radius 1 is 1.47 bits per heavy atom. The maximum absolute atomic E-state index is 11.6. The van der Waals surface area contributed by atoms with Crippen molar-refractivity contribution < 1.29 is 4.79 Å². The van der Waals surface area contributed by atoms with Gasteiger partial charge in [0.1, 0.15) is 0 Å². The van der Waals surface area contributed by atoms with Crippen LogP contribution < -0.4 is 11.1 Å².